The van der Waals surface area contributed by atoms with E-state index in [0.717, 1.165) is 12.0 Å². The van der Waals surface area contributed by atoms with Gasteiger partial charge in [0.2, 0.25) is 11.8 Å². The van der Waals surface area contributed by atoms with Gasteiger partial charge in [0.15, 0.2) is 0 Å². The maximum atomic E-state index is 12.7. The smallest absolute Gasteiger partial charge is 0.245 e. The quantitative estimate of drug-likeness (QED) is 0.925. The first-order valence-electron chi connectivity index (χ1n) is 7.67. The Hall–Kier alpha value is -1.84. The number of amides is 2. The molecule has 1 aliphatic rings. The second kappa shape index (κ2) is 6.74. The van der Waals surface area contributed by atoms with Crippen LogP contribution in [-0.2, 0) is 16.1 Å². The van der Waals surface area contributed by atoms with Crippen molar-refractivity contribution in [3.05, 3.63) is 35.4 Å². The molecule has 0 radical (unpaired) electrons. The number of aryl methyl sites for hydroxylation is 1. The molecule has 0 spiro atoms. The van der Waals surface area contributed by atoms with Gasteiger partial charge >= 0.3 is 0 Å². The first kappa shape index (κ1) is 15.5. The monoisotopic (exact) mass is 288 g/mol. The summed E-state index contributed by atoms with van der Waals surface area (Å²) in [4.78, 5) is 26.5. The van der Waals surface area contributed by atoms with Crippen molar-refractivity contribution in [2.75, 3.05) is 0 Å². The summed E-state index contributed by atoms with van der Waals surface area (Å²) >= 11 is 0. The van der Waals surface area contributed by atoms with Gasteiger partial charge in [0, 0.05) is 19.0 Å². The molecule has 21 heavy (non-hydrogen) atoms. The Morgan fingerprint density at radius 1 is 1.29 bits per heavy atom. The van der Waals surface area contributed by atoms with Crippen LogP contribution in [0.4, 0.5) is 0 Å². The molecule has 114 valence electrons. The molecule has 0 saturated carbocycles. The summed E-state index contributed by atoms with van der Waals surface area (Å²) in [6, 6.07) is 7.63. The molecule has 1 fully saturated rings. The van der Waals surface area contributed by atoms with Gasteiger partial charge in [-0.05, 0) is 31.4 Å². The molecule has 1 aromatic rings. The minimum absolute atomic E-state index is 0.0263. The summed E-state index contributed by atoms with van der Waals surface area (Å²) in [5.74, 6) is 0.0139. The minimum Gasteiger partial charge on any atom is -0.344 e. The first-order chi connectivity index (χ1) is 10.0. The highest BCUT2D eigenvalue weighted by atomic mass is 16.2. The molecule has 1 saturated heterocycles. The molecule has 2 unspecified atom stereocenters. The van der Waals surface area contributed by atoms with E-state index in [9.17, 15) is 9.59 Å². The van der Waals surface area contributed by atoms with Crippen molar-refractivity contribution in [1.29, 1.82) is 0 Å². The van der Waals surface area contributed by atoms with Crippen LogP contribution in [0.2, 0.25) is 0 Å². The summed E-state index contributed by atoms with van der Waals surface area (Å²) in [5.41, 5.74) is 2.32. The molecule has 1 aliphatic heterocycles. The van der Waals surface area contributed by atoms with Gasteiger partial charge in [-0.3, -0.25) is 9.59 Å². The number of hydrogen-bond donors (Lipinski definition) is 1. The SMILES string of the molecule is CCCC1NC(=O)CC(C)N(Cc2ccccc2C)C1=O. The van der Waals surface area contributed by atoms with Crippen LogP contribution < -0.4 is 5.32 Å². The molecule has 0 aliphatic carbocycles. The van der Waals surface area contributed by atoms with Gasteiger partial charge in [0.25, 0.3) is 0 Å². The maximum Gasteiger partial charge on any atom is 0.245 e. The van der Waals surface area contributed by atoms with Gasteiger partial charge < -0.3 is 10.2 Å². The number of nitrogens with one attached hydrogen (secondary N) is 1. The van der Waals surface area contributed by atoms with Crippen LogP contribution in [0.15, 0.2) is 24.3 Å². The zero-order valence-corrected chi connectivity index (χ0v) is 13.1. The highest BCUT2D eigenvalue weighted by Gasteiger charge is 2.33. The zero-order valence-electron chi connectivity index (χ0n) is 13.1. The molecule has 4 nitrogen and oxygen atoms in total. The average Bonchev–Trinajstić information content (AvgIpc) is 2.53. The fourth-order valence-electron chi connectivity index (χ4n) is 2.80. The van der Waals surface area contributed by atoms with E-state index in [1.807, 2.05) is 36.9 Å². The molecule has 2 amide bonds. The van der Waals surface area contributed by atoms with E-state index in [-0.39, 0.29) is 23.9 Å². The molecular formula is C17H24N2O2. The molecule has 2 atom stereocenters. The average molecular weight is 288 g/mol. The highest BCUT2D eigenvalue weighted by molar-refractivity contribution is 5.90. The molecule has 1 N–H and O–H groups in total. The zero-order chi connectivity index (χ0) is 15.4. The summed E-state index contributed by atoms with van der Waals surface area (Å²) in [6.45, 7) is 6.60. The van der Waals surface area contributed by atoms with Gasteiger partial charge in [-0.15, -0.1) is 0 Å². The summed E-state index contributed by atoms with van der Waals surface area (Å²) < 4.78 is 0. The van der Waals surface area contributed by atoms with Crippen molar-refractivity contribution in [1.82, 2.24) is 10.2 Å². The number of benzene rings is 1. The van der Waals surface area contributed by atoms with E-state index >= 15 is 0 Å². The normalized spacial score (nSPS) is 22.9. The summed E-state index contributed by atoms with van der Waals surface area (Å²) in [5, 5.41) is 2.86. The highest BCUT2D eigenvalue weighted by Crippen LogP contribution is 2.19. The largest absolute Gasteiger partial charge is 0.344 e. The van der Waals surface area contributed by atoms with Crippen LogP contribution in [-0.4, -0.2) is 28.8 Å². The molecule has 0 aromatic heterocycles. The Morgan fingerprint density at radius 3 is 2.67 bits per heavy atom. The molecule has 1 aromatic carbocycles. The maximum absolute atomic E-state index is 12.7. The number of hydrogen-bond acceptors (Lipinski definition) is 2. The number of carbonyl (C=O) groups is 2. The predicted molar refractivity (Wildman–Crippen MR) is 82.6 cm³/mol. The van der Waals surface area contributed by atoms with Crippen LogP contribution in [0, 0.1) is 6.92 Å². The topological polar surface area (TPSA) is 49.4 Å². The molecular weight excluding hydrogens is 264 g/mol. The number of rotatable bonds is 4. The standard InChI is InChI=1S/C17H24N2O2/c1-4-7-15-17(21)19(13(3)10-16(20)18-15)11-14-9-6-5-8-12(14)2/h5-6,8-9,13,15H,4,7,10-11H2,1-3H3,(H,18,20). The second-order valence-corrected chi connectivity index (χ2v) is 5.85. The molecule has 4 heteroatoms. The second-order valence-electron chi connectivity index (χ2n) is 5.85. The Labute approximate surface area is 126 Å². The minimum atomic E-state index is -0.378. The number of carbonyl (C=O) groups excluding carboxylic acids is 2. The molecule has 0 bridgehead atoms. The predicted octanol–water partition coefficient (Wildman–Crippen LogP) is 2.40. The van der Waals surface area contributed by atoms with Crippen LogP contribution >= 0.6 is 0 Å². The van der Waals surface area contributed by atoms with E-state index in [4.69, 9.17) is 0 Å². The fourth-order valence-corrected chi connectivity index (χ4v) is 2.80. The Bertz CT molecular complexity index is 527. The van der Waals surface area contributed by atoms with Crippen molar-refractivity contribution in [2.45, 2.75) is 58.7 Å². The number of nitrogens with zero attached hydrogens (tertiary/aromatic N) is 1. The van der Waals surface area contributed by atoms with Gasteiger partial charge in [-0.2, -0.15) is 0 Å². The lowest BCUT2D eigenvalue weighted by molar-refractivity contribution is -0.135. The Kier molecular flexibility index (Phi) is 4.99. The van der Waals surface area contributed by atoms with Crippen LogP contribution in [0.1, 0.15) is 44.2 Å². The van der Waals surface area contributed by atoms with Gasteiger partial charge in [-0.25, -0.2) is 0 Å². The van der Waals surface area contributed by atoms with Crippen molar-refractivity contribution in [2.24, 2.45) is 0 Å². The molecule has 1 heterocycles. The van der Waals surface area contributed by atoms with Crippen LogP contribution in [0.3, 0.4) is 0 Å². The van der Waals surface area contributed by atoms with Gasteiger partial charge in [-0.1, -0.05) is 37.6 Å². The third-order valence-corrected chi connectivity index (χ3v) is 4.11. The van der Waals surface area contributed by atoms with E-state index < -0.39 is 0 Å². The van der Waals surface area contributed by atoms with E-state index in [1.165, 1.54) is 5.56 Å². The molecule has 2 rings (SSSR count). The summed E-state index contributed by atoms with van der Waals surface area (Å²) in [7, 11) is 0. The van der Waals surface area contributed by atoms with Crippen molar-refractivity contribution < 1.29 is 9.59 Å². The van der Waals surface area contributed by atoms with E-state index in [0.29, 0.717) is 19.4 Å². The van der Waals surface area contributed by atoms with Crippen molar-refractivity contribution in [3.8, 4) is 0 Å². The lowest BCUT2D eigenvalue weighted by Crippen LogP contribution is -2.46. The lowest BCUT2D eigenvalue weighted by atomic mass is 10.1. The van der Waals surface area contributed by atoms with E-state index in [1.54, 1.807) is 0 Å². The van der Waals surface area contributed by atoms with Crippen molar-refractivity contribution >= 4 is 11.8 Å². The summed E-state index contributed by atoms with van der Waals surface area (Å²) in [6.07, 6.45) is 1.95. The first-order valence-corrected chi connectivity index (χ1v) is 7.67. The van der Waals surface area contributed by atoms with Crippen molar-refractivity contribution in [3.63, 3.8) is 0 Å². The van der Waals surface area contributed by atoms with Gasteiger partial charge in [0.1, 0.15) is 6.04 Å². The van der Waals surface area contributed by atoms with Crippen LogP contribution in [0.25, 0.3) is 0 Å². The third-order valence-electron chi connectivity index (χ3n) is 4.11. The van der Waals surface area contributed by atoms with Crippen LogP contribution in [0.5, 0.6) is 0 Å². The Morgan fingerprint density at radius 2 is 2.00 bits per heavy atom. The lowest BCUT2D eigenvalue weighted by Gasteiger charge is -2.29. The van der Waals surface area contributed by atoms with Gasteiger partial charge in [0.05, 0.1) is 0 Å². The fraction of sp³-hybridized carbons (Fsp3) is 0.529. The Balaban J connectivity index is 2.24. The van der Waals surface area contributed by atoms with E-state index in [2.05, 4.69) is 18.3 Å². The third kappa shape index (κ3) is 3.63.